The zero-order valence-corrected chi connectivity index (χ0v) is 13.5. The van der Waals surface area contributed by atoms with E-state index in [0.717, 1.165) is 0 Å². The Hall–Kier alpha value is -3.75. The number of amides is 2. The second-order valence-electron chi connectivity index (χ2n) is 5.40. The second-order valence-corrected chi connectivity index (χ2v) is 5.40. The molecule has 132 valence electrons. The number of imidazole rings is 1. The quantitative estimate of drug-likeness (QED) is 0.585. The molecule has 9 nitrogen and oxygen atoms in total. The molecule has 0 saturated carbocycles. The molecule has 0 aromatic carbocycles. The number of Topliss-reactive ketones (excluding diaryl/α,β-unsaturated/α-hetero) is 1. The largest absolute Gasteiger partial charge is 0.469 e. The Balaban J connectivity index is 1.83. The summed E-state index contributed by atoms with van der Waals surface area (Å²) in [6.45, 7) is 0. The third-order valence-electron chi connectivity index (χ3n) is 3.65. The van der Waals surface area contributed by atoms with E-state index < -0.39 is 23.6 Å². The van der Waals surface area contributed by atoms with E-state index in [1.165, 1.54) is 23.4 Å². The van der Waals surface area contributed by atoms with Gasteiger partial charge >= 0.3 is 0 Å². The van der Waals surface area contributed by atoms with Gasteiger partial charge in [0.2, 0.25) is 5.78 Å². The first-order chi connectivity index (χ1) is 12.6. The summed E-state index contributed by atoms with van der Waals surface area (Å²) in [7, 11) is 0. The third-order valence-corrected chi connectivity index (χ3v) is 3.65. The number of nitrogens with zero attached hydrogens (tertiary/aromatic N) is 3. The Morgan fingerprint density at radius 1 is 1.19 bits per heavy atom. The number of ketones is 1. The van der Waals surface area contributed by atoms with E-state index in [9.17, 15) is 14.4 Å². The minimum atomic E-state index is -1.15. The molecule has 0 spiro atoms. The van der Waals surface area contributed by atoms with Crippen molar-refractivity contribution in [2.75, 3.05) is 0 Å². The minimum absolute atomic E-state index is 0.00153. The van der Waals surface area contributed by atoms with Gasteiger partial charge in [0.1, 0.15) is 17.5 Å². The van der Waals surface area contributed by atoms with Gasteiger partial charge in [-0.3, -0.25) is 23.9 Å². The predicted molar refractivity (Wildman–Crippen MR) is 89.2 cm³/mol. The molecule has 3 aromatic heterocycles. The van der Waals surface area contributed by atoms with Gasteiger partial charge in [-0.2, -0.15) is 0 Å². The molecule has 0 aliphatic rings. The Kier molecular flexibility index (Phi) is 4.88. The summed E-state index contributed by atoms with van der Waals surface area (Å²) >= 11 is 0. The van der Waals surface area contributed by atoms with Gasteiger partial charge in [0.25, 0.3) is 11.8 Å². The van der Waals surface area contributed by atoms with E-state index in [0.29, 0.717) is 11.4 Å². The first-order valence-corrected chi connectivity index (χ1v) is 7.66. The zero-order chi connectivity index (χ0) is 18.5. The van der Waals surface area contributed by atoms with Crippen molar-refractivity contribution in [2.24, 2.45) is 5.73 Å². The fourth-order valence-corrected chi connectivity index (χ4v) is 2.41. The first-order valence-electron chi connectivity index (χ1n) is 7.66. The van der Waals surface area contributed by atoms with Crippen LogP contribution in [0.5, 0.6) is 0 Å². The van der Waals surface area contributed by atoms with Crippen molar-refractivity contribution in [3.63, 3.8) is 0 Å². The van der Waals surface area contributed by atoms with Crippen molar-refractivity contribution in [1.82, 2.24) is 19.9 Å². The van der Waals surface area contributed by atoms with Crippen molar-refractivity contribution < 1.29 is 18.8 Å². The maximum atomic E-state index is 12.6. The summed E-state index contributed by atoms with van der Waals surface area (Å²) in [5, 5.41) is 2.52. The average molecular weight is 353 g/mol. The van der Waals surface area contributed by atoms with Crippen LogP contribution in [0.25, 0.3) is 5.69 Å². The summed E-state index contributed by atoms with van der Waals surface area (Å²) in [5.41, 5.74) is 5.89. The molecule has 3 rings (SSSR count). The summed E-state index contributed by atoms with van der Waals surface area (Å²) in [5.74, 6) is -2.20. The van der Waals surface area contributed by atoms with E-state index in [4.69, 9.17) is 10.2 Å². The lowest BCUT2D eigenvalue weighted by atomic mass is 10.1. The molecule has 0 fully saturated rings. The molecule has 2 amide bonds. The smallest absolute Gasteiger partial charge is 0.287 e. The number of pyridine rings is 1. The van der Waals surface area contributed by atoms with Crippen molar-refractivity contribution in [2.45, 2.75) is 12.5 Å². The number of furan rings is 1. The highest BCUT2D eigenvalue weighted by molar-refractivity contribution is 6.38. The topological polar surface area (TPSA) is 133 Å². The lowest BCUT2D eigenvalue weighted by molar-refractivity contribution is -0.137. The Morgan fingerprint density at radius 2 is 2.04 bits per heavy atom. The summed E-state index contributed by atoms with van der Waals surface area (Å²) in [6, 6.07) is 5.59. The highest BCUT2D eigenvalue weighted by Crippen LogP contribution is 2.11. The van der Waals surface area contributed by atoms with Gasteiger partial charge in [-0.15, -0.1) is 0 Å². The molecule has 3 aromatic rings. The molecule has 3 heterocycles. The molecule has 0 aliphatic carbocycles. The van der Waals surface area contributed by atoms with E-state index in [1.807, 2.05) is 0 Å². The number of nitrogens with one attached hydrogen (secondary N) is 1. The maximum Gasteiger partial charge on any atom is 0.287 e. The van der Waals surface area contributed by atoms with Crippen LogP contribution in [0.1, 0.15) is 16.2 Å². The molecular weight excluding hydrogens is 338 g/mol. The highest BCUT2D eigenvalue weighted by Gasteiger charge is 2.27. The molecule has 26 heavy (non-hydrogen) atoms. The Bertz CT molecular complexity index is 918. The SMILES string of the molecule is NC(=O)C(=O)C(Cc1ccco1)NC(=O)c1cncn1-c1cccnc1. The fourth-order valence-electron chi connectivity index (χ4n) is 2.41. The second kappa shape index (κ2) is 7.43. The standard InChI is InChI=1S/C17H15N5O4/c18-16(24)15(23)13(7-12-4-2-6-26-12)21-17(25)14-9-20-10-22(14)11-3-1-5-19-8-11/h1-6,8-10,13H,7H2,(H2,18,24)(H,21,25). The van der Waals surface area contributed by atoms with E-state index in [1.54, 1.807) is 36.7 Å². The number of carbonyl (C=O) groups is 3. The lowest BCUT2D eigenvalue weighted by Gasteiger charge is -2.15. The summed E-state index contributed by atoms with van der Waals surface area (Å²) < 4.78 is 6.69. The maximum absolute atomic E-state index is 12.6. The molecule has 1 atom stereocenters. The van der Waals surface area contributed by atoms with Crippen LogP contribution in [0, 0.1) is 0 Å². The van der Waals surface area contributed by atoms with Gasteiger partial charge in [0.05, 0.1) is 30.7 Å². The normalized spacial score (nSPS) is 11.7. The molecule has 9 heteroatoms. The molecule has 0 saturated heterocycles. The van der Waals surface area contributed by atoms with Crippen molar-refractivity contribution in [3.05, 3.63) is 66.9 Å². The van der Waals surface area contributed by atoms with E-state index in [2.05, 4.69) is 15.3 Å². The fraction of sp³-hybridized carbons (Fsp3) is 0.118. The number of aromatic nitrogens is 3. The van der Waals surface area contributed by atoms with Gasteiger partial charge in [-0.25, -0.2) is 4.98 Å². The zero-order valence-electron chi connectivity index (χ0n) is 13.5. The number of hydrogen-bond acceptors (Lipinski definition) is 6. The van der Waals surface area contributed by atoms with Crippen molar-refractivity contribution >= 4 is 17.6 Å². The summed E-state index contributed by atoms with van der Waals surface area (Å²) in [6.07, 6.45) is 7.39. The van der Waals surface area contributed by atoms with Crippen LogP contribution >= 0.6 is 0 Å². The van der Waals surface area contributed by atoms with Crippen LogP contribution in [-0.2, 0) is 16.0 Å². The van der Waals surface area contributed by atoms with Crippen molar-refractivity contribution in [3.8, 4) is 5.69 Å². The van der Waals surface area contributed by atoms with Gasteiger partial charge in [0.15, 0.2) is 0 Å². The number of primary amides is 1. The molecular formula is C17H15N5O4. The third kappa shape index (κ3) is 3.66. The monoisotopic (exact) mass is 353 g/mol. The molecule has 0 radical (unpaired) electrons. The van der Waals surface area contributed by atoms with Crippen LogP contribution in [0.2, 0.25) is 0 Å². The number of rotatable bonds is 7. The van der Waals surface area contributed by atoms with Crippen LogP contribution in [-0.4, -0.2) is 38.2 Å². The molecule has 3 N–H and O–H groups in total. The van der Waals surface area contributed by atoms with Crippen LogP contribution in [0.3, 0.4) is 0 Å². The lowest BCUT2D eigenvalue weighted by Crippen LogP contribution is -2.47. The van der Waals surface area contributed by atoms with Crippen LogP contribution in [0.4, 0.5) is 0 Å². The number of nitrogens with two attached hydrogens (primary N) is 1. The van der Waals surface area contributed by atoms with Crippen LogP contribution in [0.15, 0.2) is 59.9 Å². The van der Waals surface area contributed by atoms with Gasteiger partial charge < -0.3 is 15.5 Å². The molecule has 1 unspecified atom stereocenters. The molecule has 0 aliphatic heterocycles. The van der Waals surface area contributed by atoms with Crippen molar-refractivity contribution in [1.29, 1.82) is 0 Å². The Labute approximate surface area is 147 Å². The van der Waals surface area contributed by atoms with Gasteiger partial charge in [-0.1, -0.05) is 0 Å². The first kappa shape index (κ1) is 17.1. The Morgan fingerprint density at radius 3 is 2.69 bits per heavy atom. The predicted octanol–water partition coefficient (Wildman–Crippen LogP) is 0.256. The van der Waals surface area contributed by atoms with Gasteiger partial charge in [0, 0.05) is 12.6 Å². The number of carbonyl (C=O) groups excluding carboxylic acids is 3. The average Bonchev–Trinajstić information content (AvgIpc) is 3.32. The highest BCUT2D eigenvalue weighted by atomic mass is 16.3. The summed E-state index contributed by atoms with van der Waals surface area (Å²) in [4.78, 5) is 44.0. The van der Waals surface area contributed by atoms with Crippen LogP contribution < -0.4 is 11.1 Å². The van der Waals surface area contributed by atoms with E-state index >= 15 is 0 Å². The minimum Gasteiger partial charge on any atom is -0.469 e. The molecule has 0 bridgehead atoms. The van der Waals surface area contributed by atoms with Gasteiger partial charge in [-0.05, 0) is 24.3 Å². The van der Waals surface area contributed by atoms with E-state index in [-0.39, 0.29) is 12.1 Å². The number of hydrogen-bond donors (Lipinski definition) is 2.